The first kappa shape index (κ1) is 13.6. The Morgan fingerprint density at radius 1 is 1.33 bits per heavy atom. The second-order valence-corrected chi connectivity index (χ2v) is 6.24. The van der Waals surface area contributed by atoms with Crippen molar-refractivity contribution in [1.82, 2.24) is 9.80 Å². The van der Waals surface area contributed by atoms with Crippen molar-refractivity contribution < 1.29 is 14.3 Å². The van der Waals surface area contributed by atoms with Gasteiger partial charge in [0.05, 0.1) is 13.2 Å². The maximum absolute atomic E-state index is 12.0. The number of ether oxygens (including phenoxy) is 2. The van der Waals surface area contributed by atoms with Crippen molar-refractivity contribution in [3.63, 3.8) is 0 Å². The maximum atomic E-state index is 12.0. The molecule has 0 unspecified atom stereocenters. The van der Waals surface area contributed by atoms with Gasteiger partial charge >= 0.3 is 6.09 Å². The van der Waals surface area contributed by atoms with Crippen LogP contribution in [0.4, 0.5) is 4.79 Å². The molecule has 1 spiro atoms. The Bertz CT molecular complexity index is 319. The standard InChI is InChI=1S/C13H24N2O3/c1-5-14-8-13(9-14)10-15(6-7-17-13)11(16)18-12(2,3)4/h5-10H2,1-4H3. The summed E-state index contributed by atoms with van der Waals surface area (Å²) in [4.78, 5) is 16.1. The van der Waals surface area contributed by atoms with Gasteiger partial charge in [-0.1, -0.05) is 6.92 Å². The molecule has 5 nitrogen and oxygen atoms in total. The predicted octanol–water partition coefficient (Wildman–Crippen LogP) is 1.33. The number of hydrogen-bond donors (Lipinski definition) is 0. The Kier molecular flexibility index (Phi) is 3.56. The summed E-state index contributed by atoms with van der Waals surface area (Å²) in [5, 5.41) is 0. The van der Waals surface area contributed by atoms with Crippen molar-refractivity contribution in [1.29, 1.82) is 0 Å². The first-order valence-corrected chi connectivity index (χ1v) is 6.68. The second-order valence-electron chi connectivity index (χ2n) is 6.24. The van der Waals surface area contributed by atoms with Gasteiger partial charge in [0.2, 0.25) is 0 Å². The lowest BCUT2D eigenvalue weighted by Gasteiger charge is -2.53. The molecule has 104 valence electrons. The minimum atomic E-state index is -0.433. The van der Waals surface area contributed by atoms with Crippen LogP contribution in [0, 0.1) is 0 Å². The normalized spacial score (nSPS) is 23.9. The fourth-order valence-corrected chi connectivity index (χ4v) is 2.51. The molecule has 0 aromatic heterocycles. The van der Waals surface area contributed by atoms with Crippen molar-refractivity contribution in [2.45, 2.75) is 38.9 Å². The largest absolute Gasteiger partial charge is 0.444 e. The number of morpholine rings is 1. The molecule has 0 bridgehead atoms. The van der Waals surface area contributed by atoms with E-state index in [1.165, 1.54) is 0 Å². The molecule has 0 N–H and O–H groups in total. The number of carbonyl (C=O) groups is 1. The molecular formula is C13H24N2O3. The quantitative estimate of drug-likeness (QED) is 0.710. The number of likely N-dealkylation sites (tertiary alicyclic amines) is 1. The summed E-state index contributed by atoms with van der Waals surface area (Å²) in [5.41, 5.74) is -0.581. The van der Waals surface area contributed by atoms with Crippen LogP contribution in [0.25, 0.3) is 0 Å². The van der Waals surface area contributed by atoms with E-state index in [1.807, 2.05) is 20.8 Å². The molecule has 0 saturated carbocycles. The van der Waals surface area contributed by atoms with Crippen molar-refractivity contribution >= 4 is 6.09 Å². The molecule has 18 heavy (non-hydrogen) atoms. The van der Waals surface area contributed by atoms with Crippen LogP contribution in [0.2, 0.25) is 0 Å². The van der Waals surface area contributed by atoms with E-state index in [0.29, 0.717) is 19.7 Å². The van der Waals surface area contributed by atoms with E-state index in [-0.39, 0.29) is 11.7 Å². The third-order valence-corrected chi connectivity index (χ3v) is 3.37. The van der Waals surface area contributed by atoms with Crippen molar-refractivity contribution in [3.05, 3.63) is 0 Å². The van der Waals surface area contributed by atoms with Crippen molar-refractivity contribution in [3.8, 4) is 0 Å². The monoisotopic (exact) mass is 256 g/mol. The molecule has 2 heterocycles. The number of carbonyl (C=O) groups excluding carboxylic acids is 1. The van der Waals surface area contributed by atoms with Gasteiger partial charge in [-0.15, -0.1) is 0 Å². The lowest BCUT2D eigenvalue weighted by molar-refractivity contribution is -0.179. The van der Waals surface area contributed by atoms with Gasteiger partial charge in [0, 0.05) is 19.6 Å². The highest BCUT2D eigenvalue weighted by molar-refractivity contribution is 5.68. The van der Waals surface area contributed by atoms with Gasteiger partial charge in [0.25, 0.3) is 0 Å². The Hall–Kier alpha value is -0.810. The van der Waals surface area contributed by atoms with E-state index in [9.17, 15) is 4.79 Å². The minimum absolute atomic E-state index is 0.148. The van der Waals surface area contributed by atoms with Crippen molar-refractivity contribution in [2.24, 2.45) is 0 Å². The second kappa shape index (κ2) is 4.70. The Morgan fingerprint density at radius 3 is 2.56 bits per heavy atom. The van der Waals surface area contributed by atoms with Gasteiger partial charge < -0.3 is 14.4 Å². The zero-order valence-corrected chi connectivity index (χ0v) is 11.9. The first-order chi connectivity index (χ1) is 8.34. The molecule has 5 heteroatoms. The van der Waals surface area contributed by atoms with Gasteiger partial charge in [0.15, 0.2) is 0 Å². The summed E-state index contributed by atoms with van der Waals surface area (Å²) < 4.78 is 11.3. The lowest BCUT2D eigenvalue weighted by atomic mass is 9.92. The summed E-state index contributed by atoms with van der Waals surface area (Å²) in [6, 6.07) is 0. The summed E-state index contributed by atoms with van der Waals surface area (Å²) in [7, 11) is 0. The number of likely N-dealkylation sites (N-methyl/N-ethyl adjacent to an activating group) is 1. The highest BCUT2D eigenvalue weighted by Crippen LogP contribution is 2.29. The number of hydrogen-bond acceptors (Lipinski definition) is 4. The molecule has 2 rings (SSSR count). The minimum Gasteiger partial charge on any atom is -0.444 e. The molecule has 0 atom stereocenters. The van der Waals surface area contributed by atoms with E-state index < -0.39 is 5.60 Å². The van der Waals surface area contributed by atoms with Gasteiger partial charge in [-0.05, 0) is 27.3 Å². The van der Waals surface area contributed by atoms with Crippen LogP contribution in [-0.4, -0.2) is 66.4 Å². The molecular weight excluding hydrogens is 232 g/mol. The first-order valence-electron chi connectivity index (χ1n) is 6.68. The molecule has 0 aliphatic carbocycles. The molecule has 2 aliphatic heterocycles. The summed E-state index contributed by atoms with van der Waals surface area (Å²) in [6.07, 6.45) is -0.222. The number of rotatable bonds is 1. The smallest absolute Gasteiger partial charge is 0.410 e. The topological polar surface area (TPSA) is 42.0 Å². The Balaban J connectivity index is 1.90. The van der Waals surface area contributed by atoms with E-state index >= 15 is 0 Å². The Morgan fingerprint density at radius 2 is 2.00 bits per heavy atom. The summed E-state index contributed by atoms with van der Waals surface area (Å²) in [5.74, 6) is 0. The van der Waals surface area contributed by atoms with E-state index in [0.717, 1.165) is 19.6 Å². The van der Waals surface area contributed by atoms with E-state index in [1.54, 1.807) is 4.90 Å². The fraction of sp³-hybridized carbons (Fsp3) is 0.923. The van der Waals surface area contributed by atoms with Crippen LogP contribution in [-0.2, 0) is 9.47 Å². The molecule has 2 saturated heterocycles. The van der Waals surface area contributed by atoms with Gasteiger partial charge in [-0.25, -0.2) is 4.79 Å². The molecule has 2 aliphatic rings. The number of amides is 1. The van der Waals surface area contributed by atoms with Crippen LogP contribution >= 0.6 is 0 Å². The van der Waals surface area contributed by atoms with Gasteiger partial charge in [0.1, 0.15) is 11.2 Å². The highest BCUT2D eigenvalue weighted by Gasteiger charge is 2.47. The molecule has 0 radical (unpaired) electrons. The highest BCUT2D eigenvalue weighted by atomic mass is 16.6. The van der Waals surface area contributed by atoms with Crippen LogP contribution in [0.3, 0.4) is 0 Å². The SMILES string of the molecule is CCN1CC2(C1)CN(C(=O)OC(C)(C)C)CCO2. The average Bonchev–Trinajstić information content (AvgIpc) is 2.23. The molecule has 0 aromatic rings. The Labute approximate surface area is 109 Å². The molecule has 0 aromatic carbocycles. The zero-order valence-electron chi connectivity index (χ0n) is 11.9. The van der Waals surface area contributed by atoms with Gasteiger partial charge in [-0.2, -0.15) is 0 Å². The third kappa shape index (κ3) is 2.95. The molecule has 2 fully saturated rings. The average molecular weight is 256 g/mol. The van der Waals surface area contributed by atoms with Crippen LogP contribution in [0.5, 0.6) is 0 Å². The summed E-state index contributed by atoms with van der Waals surface area (Å²) >= 11 is 0. The van der Waals surface area contributed by atoms with Crippen LogP contribution < -0.4 is 0 Å². The van der Waals surface area contributed by atoms with E-state index in [4.69, 9.17) is 9.47 Å². The number of nitrogens with zero attached hydrogens (tertiary/aromatic N) is 2. The van der Waals surface area contributed by atoms with Crippen LogP contribution in [0.15, 0.2) is 0 Å². The maximum Gasteiger partial charge on any atom is 0.410 e. The van der Waals surface area contributed by atoms with Gasteiger partial charge in [-0.3, -0.25) is 4.90 Å². The third-order valence-electron chi connectivity index (χ3n) is 3.37. The zero-order chi connectivity index (χ0) is 13.4. The predicted molar refractivity (Wildman–Crippen MR) is 68.6 cm³/mol. The summed E-state index contributed by atoms with van der Waals surface area (Å²) in [6.45, 7) is 12.6. The van der Waals surface area contributed by atoms with E-state index in [2.05, 4.69) is 11.8 Å². The van der Waals surface area contributed by atoms with Crippen LogP contribution in [0.1, 0.15) is 27.7 Å². The van der Waals surface area contributed by atoms with Crippen molar-refractivity contribution in [2.75, 3.05) is 39.3 Å². The lowest BCUT2D eigenvalue weighted by Crippen LogP contribution is -2.70. The fourth-order valence-electron chi connectivity index (χ4n) is 2.51. The molecule has 1 amide bonds.